The number of nitrogens with two attached hydrogens (primary N) is 1. The zero-order valence-corrected chi connectivity index (χ0v) is 14.3. The van der Waals surface area contributed by atoms with Crippen molar-refractivity contribution in [2.24, 2.45) is 5.73 Å². The molecule has 2 aromatic carbocycles. The Kier molecular flexibility index (Phi) is 6.64. The second-order valence-electron chi connectivity index (χ2n) is 5.91. The smallest absolute Gasteiger partial charge is 0.268 e. The van der Waals surface area contributed by atoms with Gasteiger partial charge in [-0.1, -0.05) is 48.5 Å². The molecule has 0 radical (unpaired) electrons. The highest BCUT2D eigenvalue weighted by Crippen LogP contribution is 2.25. The van der Waals surface area contributed by atoms with E-state index in [1.807, 2.05) is 65.6 Å². The second-order valence-corrected chi connectivity index (χ2v) is 5.91. The van der Waals surface area contributed by atoms with Gasteiger partial charge in [0.2, 0.25) is 6.10 Å². The summed E-state index contributed by atoms with van der Waals surface area (Å²) in [5.74, 6) is 0.672. The summed E-state index contributed by atoms with van der Waals surface area (Å²) in [4.78, 5) is 14.8. The number of amides is 1. The molecule has 1 aliphatic heterocycles. The van der Waals surface area contributed by atoms with Crippen molar-refractivity contribution in [2.75, 3.05) is 13.1 Å². The monoisotopic (exact) mass is 346 g/mol. The SMILES string of the molecule is Cl.NC1CCCN(C(=O)C(Oc2ccccc2)c2ccccc2)C1. The third-order valence-electron chi connectivity index (χ3n) is 4.09. The van der Waals surface area contributed by atoms with E-state index in [1.165, 1.54) is 0 Å². The van der Waals surface area contributed by atoms with Gasteiger partial charge in [0.1, 0.15) is 5.75 Å². The average Bonchev–Trinajstić information content (AvgIpc) is 2.61. The Hall–Kier alpha value is -2.04. The summed E-state index contributed by atoms with van der Waals surface area (Å²) in [6, 6.07) is 19.2. The van der Waals surface area contributed by atoms with Crippen molar-refractivity contribution < 1.29 is 9.53 Å². The zero-order valence-electron chi connectivity index (χ0n) is 13.5. The van der Waals surface area contributed by atoms with Gasteiger partial charge in [-0.15, -0.1) is 12.4 Å². The Morgan fingerprint density at radius 1 is 1.08 bits per heavy atom. The highest BCUT2D eigenvalue weighted by molar-refractivity contribution is 5.85. The largest absolute Gasteiger partial charge is 0.476 e. The first-order valence-electron chi connectivity index (χ1n) is 8.05. The molecule has 2 atom stereocenters. The number of piperidine rings is 1. The number of para-hydroxylation sites is 1. The lowest BCUT2D eigenvalue weighted by Gasteiger charge is -2.33. The Morgan fingerprint density at radius 2 is 1.71 bits per heavy atom. The van der Waals surface area contributed by atoms with Crippen molar-refractivity contribution in [3.05, 3.63) is 66.2 Å². The van der Waals surface area contributed by atoms with Crippen LogP contribution in [0, 0.1) is 0 Å². The van der Waals surface area contributed by atoms with Crippen LogP contribution in [0.2, 0.25) is 0 Å². The minimum atomic E-state index is -0.635. The first kappa shape index (κ1) is 18.3. The molecule has 1 saturated heterocycles. The quantitative estimate of drug-likeness (QED) is 0.925. The molecule has 4 nitrogen and oxygen atoms in total. The fourth-order valence-corrected chi connectivity index (χ4v) is 2.90. The van der Waals surface area contributed by atoms with Gasteiger partial charge in [-0.3, -0.25) is 4.79 Å². The lowest BCUT2D eigenvalue weighted by atomic mass is 10.0. The van der Waals surface area contributed by atoms with Crippen LogP contribution in [-0.2, 0) is 4.79 Å². The molecular formula is C19H23ClN2O2. The van der Waals surface area contributed by atoms with Crippen molar-refractivity contribution in [1.82, 2.24) is 4.90 Å². The van der Waals surface area contributed by atoms with Crippen LogP contribution in [-0.4, -0.2) is 29.9 Å². The molecule has 0 spiro atoms. The van der Waals surface area contributed by atoms with Gasteiger partial charge in [0.15, 0.2) is 0 Å². The van der Waals surface area contributed by atoms with Gasteiger partial charge < -0.3 is 15.4 Å². The summed E-state index contributed by atoms with van der Waals surface area (Å²) in [5, 5.41) is 0. The maximum absolute atomic E-state index is 13.0. The minimum absolute atomic E-state index is 0. The van der Waals surface area contributed by atoms with Gasteiger partial charge in [0.25, 0.3) is 5.91 Å². The van der Waals surface area contributed by atoms with Crippen molar-refractivity contribution in [3.63, 3.8) is 0 Å². The fourth-order valence-electron chi connectivity index (χ4n) is 2.90. The molecule has 2 aromatic rings. The lowest BCUT2D eigenvalue weighted by Crippen LogP contribution is -2.48. The van der Waals surface area contributed by atoms with Gasteiger partial charge in [0, 0.05) is 24.7 Å². The van der Waals surface area contributed by atoms with Gasteiger partial charge >= 0.3 is 0 Å². The van der Waals surface area contributed by atoms with E-state index < -0.39 is 6.10 Å². The van der Waals surface area contributed by atoms with Crippen LogP contribution in [0.3, 0.4) is 0 Å². The number of ether oxygens (including phenoxy) is 1. The van der Waals surface area contributed by atoms with E-state index >= 15 is 0 Å². The molecular weight excluding hydrogens is 324 g/mol. The summed E-state index contributed by atoms with van der Waals surface area (Å²) in [7, 11) is 0. The Bertz CT molecular complexity index is 636. The maximum Gasteiger partial charge on any atom is 0.268 e. The number of carbonyl (C=O) groups is 1. The van der Waals surface area contributed by atoms with E-state index in [1.54, 1.807) is 0 Å². The Balaban J connectivity index is 0.00000208. The molecule has 3 rings (SSSR count). The number of hydrogen-bond acceptors (Lipinski definition) is 3. The molecule has 24 heavy (non-hydrogen) atoms. The number of carbonyl (C=O) groups excluding carboxylic acids is 1. The fraction of sp³-hybridized carbons (Fsp3) is 0.316. The summed E-state index contributed by atoms with van der Waals surface area (Å²) >= 11 is 0. The highest BCUT2D eigenvalue weighted by Gasteiger charge is 2.30. The summed E-state index contributed by atoms with van der Waals surface area (Å²) in [6.45, 7) is 1.34. The van der Waals surface area contributed by atoms with E-state index in [2.05, 4.69) is 0 Å². The van der Waals surface area contributed by atoms with Gasteiger partial charge in [-0.05, 0) is 25.0 Å². The van der Waals surface area contributed by atoms with Crippen LogP contribution in [0.15, 0.2) is 60.7 Å². The lowest BCUT2D eigenvalue weighted by molar-refractivity contribution is -0.140. The molecule has 0 aromatic heterocycles. The standard InChI is InChI=1S/C19H22N2O2.ClH/c20-16-10-7-13-21(14-16)19(22)18(15-8-3-1-4-9-15)23-17-11-5-2-6-12-17;/h1-6,8-9,11-12,16,18H,7,10,13-14,20H2;1H. The molecule has 5 heteroatoms. The topological polar surface area (TPSA) is 55.6 Å². The second kappa shape index (κ2) is 8.71. The molecule has 2 N–H and O–H groups in total. The zero-order chi connectivity index (χ0) is 16.1. The van der Waals surface area contributed by atoms with Gasteiger partial charge in [-0.25, -0.2) is 0 Å². The molecule has 1 fully saturated rings. The maximum atomic E-state index is 13.0. The average molecular weight is 347 g/mol. The summed E-state index contributed by atoms with van der Waals surface area (Å²) in [5.41, 5.74) is 6.88. The molecule has 0 saturated carbocycles. The predicted octanol–water partition coefficient (Wildman–Crippen LogP) is 3.18. The van der Waals surface area contributed by atoms with E-state index in [4.69, 9.17) is 10.5 Å². The normalized spacial score (nSPS) is 18.4. The van der Waals surface area contributed by atoms with E-state index in [-0.39, 0.29) is 24.4 Å². The number of halogens is 1. The number of nitrogens with zero attached hydrogens (tertiary/aromatic N) is 1. The van der Waals surface area contributed by atoms with Gasteiger partial charge in [0.05, 0.1) is 0 Å². The Morgan fingerprint density at radius 3 is 2.33 bits per heavy atom. The first-order valence-corrected chi connectivity index (χ1v) is 8.05. The van der Waals surface area contributed by atoms with E-state index in [0.29, 0.717) is 12.3 Å². The van der Waals surface area contributed by atoms with Crippen molar-refractivity contribution in [2.45, 2.75) is 25.0 Å². The predicted molar refractivity (Wildman–Crippen MR) is 97.3 cm³/mol. The number of hydrogen-bond donors (Lipinski definition) is 1. The third kappa shape index (κ3) is 4.49. The molecule has 1 heterocycles. The van der Waals surface area contributed by atoms with Gasteiger partial charge in [-0.2, -0.15) is 0 Å². The molecule has 0 aliphatic carbocycles. The van der Waals surface area contributed by atoms with Crippen molar-refractivity contribution in [3.8, 4) is 5.75 Å². The highest BCUT2D eigenvalue weighted by atomic mass is 35.5. The van der Waals surface area contributed by atoms with Crippen LogP contribution >= 0.6 is 12.4 Å². The van der Waals surface area contributed by atoms with E-state index in [9.17, 15) is 4.79 Å². The number of rotatable bonds is 4. The summed E-state index contributed by atoms with van der Waals surface area (Å²) < 4.78 is 6.02. The number of benzene rings is 2. The molecule has 128 valence electrons. The first-order chi connectivity index (χ1) is 11.2. The third-order valence-corrected chi connectivity index (χ3v) is 4.09. The molecule has 2 unspecified atom stereocenters. The van der Waals surface area contributed by atoms with Crippen LogP contribution in [0.5, 0.6) is 5.75 Å². The number of likely N-dealkylation sites (tertiary alicyclic amines) is 1. The molecule has 1 amide bonds. The van der Waals surface area contributed by atoms with Crippen molar-refractivity contribution in [1.29, 1.82) is 0 Å². The van der Waals surface area contributed by atoms with Crippen LogP contribution < -0.4 is 10.5 Å². The van der Waals surface area contributed by atoms with Crippen LogP contribution in [0.25, 0.3) is 0 Å². The molecule has 0 bridgehead atoms. The van der Waals surface area contributed by atoms with Crippen LogP contribution in [0.1, 0.15) is 24.5 Å². The van der Waals surface area contributed by atoms with Crippen molar-refractivity contribution >= 4 is 18.3 Å². The molecule has 1 aliphatic rings. The minimum Gasteiger partial charge on any atom is -0.476 e. The van der Waals surface area contributed by atoms with E-state index in [0.717, 1.165) is 24.9 Å². The van der Waals surface area contributed by atoms with Crippen LogP contribution in [0.4, 0.5) is 0 Å². The Labute approximate surface area is 149 Å². The summed E-state index contributed by atoms with van der Waals surface area (Å²) in [6.07, 6.45) is 1.28.